The van der Waals surface area contributed by atoms with Gasteiger partial charge in [-0.25, -0.2) is 4.79 Å². The average Bonchev–Trinajstić information content (AvgIpc) is 2.83. The van der Waals surface area contributed by atoms with Gasteiger partial charge in [-0.3, -0.25) is 9.59 Å². The van der Waals surface area contributed by atoms with Crippen LogP contribution in [-0.2, 0) is 9.59 Å². The first-order valence-corrected chi connectivity index (χ1v) is 7.33. The SMILES string of the molecule is O=C(O)c1ccccc1NC(=O)C1C(=O)Sc2ccccc21. The largest absolute Gasteiger partial charge is 0.478 e. The molecule has 1 unspecified atom stereocenters. The van der Waals surface area contributed by atoms with Crippen molar-refractivity contribution in [2.75, 3.05) is 5.32 Å². The molecule has 5 nitrogen and oxygen atoms in total. The summed E-state index contributed by atoms with van der Waals surface area (Å²) in [5.74, 6) is -2.57. The predicted molar refractivity (Wildman–Crippen MR) is 82.1 cm³/mol. The molecule has 110 valence electrons. The van der Waals surface area contributed by atoms with Gasteiger partial charge in [0.05, 0.1) is 11.3 Å². The zero-order valence-electron chi connectivity index (χ0n) is 11.3. The highest BCUT2D eigenvalue weighted by molar-refractivity contribution is 8.14. The number of aromatic carboxylic acids is 1. The van der Waals surface area contributed by atoms with E-state index in [9.17, 15) is 14.4 Å². The van der Waals surface area contributed by atoms with Crippen LogP contribution in [0.15, 0.2) is 53.4 Å². The van der Waals surface area contributed by atoms with Crippen molar-refractivity contribution in [2.45, 2.75) is 10.8 Å². The molecule has 2 aromatic rings. The number of hydrogen-bond acceptors (Lipinski definition) is 4. The van der Waals surface area contributed by atoms with Crippen LogP contribution in [0.5, 0.6) is 0 Å². The van der Waals surface area contributed by atoms with Crippen molar-refractivity contribution in [3.8, 4) is 0 Å². The number of fused-ring (bicyclic) bond motifs is 1. The Morgan fingerprint density at radius 1 is 1.05 bits per heavy atom. The van der Waals surface area contributed by atoms with Gasteiger partial charge >= 0.3 is 5.97 Å². The molecule has 0 saturated heterocycles. The van der Waals surface area contributed by atoms with Gasteiger partial charge in [-0.1, -0.05) is 42.1 Å². The van der Waals surface area contributed by atoms with Crippen molar-refractivity contribution in [1.82, 2.24) is 0 Å². The zero-order chi connectivity index (χ0) is 15.7. The Balaban J connectivity index is 1.90. The number of nitrogens with one attached hydrogen (secondary N) is 1. The van der Waals surface area contributed by atoms with Gasteiger partial charge in [0.1, 0.15) is 5.92 Å². The van der Waals surface area contributed by atoms with E-state index in [1.54, 1.807) is 36.4 Å². The summed E-state index contributed by atoms with van der Waals surface area (Å²) in [6.07, 6.45) is 0. The number of benzene rings is 2. The van der Waals surface area contributed by atoms with Crippen molar-refractivity contribution >= 4 is 34.4 Å². The van der Waals surface area contributed by atoms with E-state index in [1.807, 2.05) is 0 Å². The van der Waals surface area contributed by atoms with Gasteiger partial charge in [-0.2, -0.15) is 0 Å². The summed E-state index contributed by atoms with van der Waals surface area (Å²) >= 11 is 1.03. The third-order valence-corrected chi connectivity index (χ3v) is 4.38. The van der Waals surface area contributed by atoms with Crippen LogP contribution in [0, 0.1) is 0 Å². The van der Waals surface area contributed by atoms with E-state index >= 15 is 0 Å². The minimum absolute atomic E-state index is 0.0118. The fraction of sp³-hybridized carbons (Fsp3) is 0.0625. The molecule has 1 atom stereocenters. The number of carbonyl (C=O) groups excluding carboxylic acids is 2. The van der Waals surface area contributed by atoms with Crippen LogP contribution >= 0.6 is 11.8 Å². The van der Waals surface area contributed by atoms with Gasteiger partial charge < -0.3 is 10.4 Å². The van der Waals surface area contributed by atoms with Gasteiger partial charge in [0.2, 0.25) is 11.0 Å². The highest BCUT2D eigenvalue weighted by Crippen LogP contribution is 2.41. The Morgan fingerprint density at radius 2 is 1.73 bits per heavy atom. The van der Waals surface area contributed by atoms with E-state index in [-0.39, 0.29) is 16.4 Å². The molecule has 0 radical (unpaired) electrons. The number of carboxylic acids is 1. The molecule has 0 fully saturated rings. The van der Waals surface area contributed by atoms with Gasteiger partial charge in [0, 0.05) is 4.90 Å². The third-order valence-electron chi connectivity index (χ3n) is 3.35. The lowest BCUT2D eigenvalue weighted by atomic mass is 9.99. The molecule has 0 aromatic heterocycles. The van der Waals surface area contributed by atoms with Crippen molar-refractivity contribution in [1.29, 1.82) is 0 Å². The molecule has 1 heterocycles. The molecule has 0 aliphatic carbocycles. The molecule has 1 amide bonds. The second-order valence-electron chi connectivity index (χ2n) is 4.73. The van der Waals surface area contributed by atoms with Gasteiger partial charge in [-0.05, 0) is 23.8 Å². The Bertz CT molecular complexity index is 787. The average molecular weight is 313 g/mol. The number of rotatable bonds is 3. The normalized spacial score (nSPS) is 16.2. The van der Waals surface area contributed by atoms with Crippen LogP contribution in [0.25, 0.3) is 0 Å². The van der Waals surface area contributed by atoms with E-state index < -0.39 is 17.8 Å². The second-order valence-corrected chi connectivity index (χ2v) is 5.78. The molecule has 0 saturated carbocycles. The second kappa shape index (κ2) is 5.65. The van der Waals surface area contributed by atoms with Crippen LogP contribution in [0.1, 0.15) is 21.8 Å². The number of carbonyl (C=O) groups is 3. The van der Waals surface area contributed by atoms with E-state index in [0.29, 0.717) is 5.56 Å². The maximum atomic E-state index is 12.4. The fourth-order valence-corrected chi connectivity index (χ4v) is 3.36. The summed E-state index contributed by atoms with van der Waals surface area (Å²) in [5, 5.41) is 11.4. The highest BCUT2D eigenvalue weighted by atomic mass is 32.2. The maximum absolute atomic E-state index is 12.4. The summed E-state index contributed by atoms with van der Waals surface area (Å²) < 4.78 is 0. The van der Waals surface area contributed by atoms with E-state index in [1.165, 1.54) is 12.1 Å². The molecule has 1 aliphatic rings. The van der Waals surface area contributed by atoms with Crippen LogP contribution in [0.2, 0.25) is 0 Å². The first-order valence-electron chi connectivity index (χ1n) is 6.51. The third kappa shape index (κ3) is 2.48. The summed E-state index contributed by atoms with van der Waals surface area (Å²) in [5.41, 5.74) is 0.826. The molecular formula is C16H11NO4S. The minimum atomic E-state index is -1.14. The van der Waals surface area contributed by atoms with Crippen molar-refractivity contribution in [3.63, 3.8) is 0 Å². The van der Waals surface area contributed by atoms with Crippen molar-refractivity contribution < 1.29 is 19.5 Å². The van der Waals surface area contributed by atoms with Gasteiger partial charge in [-0.15, -0.1) is 0 Å². The molecule has 22 heavy (non-hydrogen) atoms. The smallest absolute Gasteiger partial charge is 0.337 e. The molecule has 1 aliphatic heterocycles. The Labute approximate surface area is 130 Å². The lowest BCUT2D eigenvalue weighted by Gasteiger charge is -2.12. The number of amides is 1. The number of carboxylic acid groups (broad SMARTS) is 1. The first-order chi connectivity index (χ1) is 10.6. The first kappa shape index (κ1) is 14.3. The number of thioether (sulfide) groups is 1. The Morgan fingerprint density at radius 3 is 2.50 bits per heavy atom. The van der Waals surface area contributed by atoms with Gasteiger partial charge in [0.25, 0.3) is 0 Å². The standard InChI is InChI=1S/C16H11NO4S/c18-14(17-11-7-3-1-5-9(11)15(19)20)13-10-6-2-4-8-12(10)22-16(13)21/h1-8,13H,(H,17,18)(H,19,20). The summed E-state index contributed by atoms with van der Waals surface area (Å²) in [6.45, 7) is 0. The van der Waals surface area contributed by atoms with E-state index in [0.717, 1.165) is 16.7 Å². The monoisotopic (exact) mass is 313 g/mol. The molecule has 6 heteroatoms. The van der Waals surface area contributed by atoms with E-state index in [4.69, 9.17) is 5.11 Å². The fourth-order valence-electron chi connectivity index (χ4n) is 2.34. The topological polar surface area (TPSA) is 83.5 Å². The summed E-state index contributed by atoms with van der Waals surface area (Å²) in [7, 11) is 0. The Hall–Kier alpha value is -2.60. The quantitative estimate of drug-likeness (QED) is 0.851. The molecule has 3 rings (SSSR count). The van der Waals surface area contributed by atoms with Gasteiger partial charge in [0.15, 0.2) is 0 Å². The maximum Gasteiger partial charge on any atom is 0.337 e. The summed E-state index contributed by atoms with van der Waals surface area (Å²) in [6, 6.07) is 13.2. The minimum Gasteiger partial charge on any atom is -0.478 e. The van der Waals surface area contributed by atoms with Crippen LogP contribution in [0.4, 0.5) is 5.69 Å². The lowest BCUT2D eigenvalue weighted by Crippen LogP contribution is -2.24. The number of para-hydroxylation sites is 1. The zero-order valence-corrected chi connectivity index (χ0v) is 12.1. The van der Waals surface area contributed by atoms with E-state index in [2.05, 4.69) is 5.32 Å². The molecule has 0 bridgehead atoms. The van der Waals surface area contributed by atoms with Crippen LogP contribution < -0.4 is 5.32 Å². The highest BCUT2D eigenvalue weighted by Gasteiger charge is 2.37. The number of hydrogen-bond donors (Lipinski definition) is 2. The predicted octanol–water partition coefficient (Wildman–Crippen LogP) is 2.74. The number of anilines is 1. The lowest BCUT2D eigenvalue weighted by molar-refractivity contribution is -0.123. The molecule has 0 spiro atoms. The molecule has 2 N–H and O–H groups in total. The molecule has 2 aromatic carbocycles. The molecular weight excluding hydrogens is 302 g/mol. The summed E-state index contributed by atoms with van der Waals surface area (Å²) in [4.78, 5) is 36.4. The van der Waals surface area contributed by atoms with Crippen LogP contribution in [0.3, 0.4) is 0 Å². The van der Waals surface area contributed by atoms with Crippen molar-refractivity contribution in [3.05, 3.63) is 59.7 Å². The van der Waals surface area contributed by atoms with Crippen LogP contribution in [-0.4, -0.2) is 22.1 Å². The van der Waals surface area contributed by atoms with Crippen molar-refractivity contribution in [2.24, 2.45) is 0 Å². The Kier molecular flexibility index (Phi) is 3.68.